The molecule has 14 atom stereocenters. The highest BCUT2D eigenvalue weighted by molar-refractivity contribution is 7.10. The minimum atomic E-state index is -0.745. The van der Waals surface area contributed by atoms with E-state index in [0.717, 1.165) is 32.1 Å². The van der Waals surface area contributed by atoms with Gasteiger partial charge >= 0.3 is 17.9 Å². The largest absolute Gasteiger partial charge is 0.481 e. The minimum Gasteiger partial charge on any atom is -0.481 e. The van der Waals surface area contributed by atoms with Gasteiger partial charge in [-0.15, -0.1) is 0 Å². The molecular formula is C32H59B4NO12P2. The van der Waals surface area contributed by atoms with Gasteiger partial charge in [0, 0.05) is 68.7 Å². The van der Waals surface area contributed by atoms with E-state index in [9.17, 15) is 19.5 Å². The molecule has 0 aromatic rings. The Morgan fingerprint density at radius 1 is 0.627 bits per heavy atom. The van der Waals surface area contributed by atoms with Crippen molar-refractivity contribution < 1.29 is 58.4 Å². The molecule has 19 heteroatoms. The second kappa shape index (κ2) is 28.7. The highest BCUT2D eigenvalue weighted by Gasteiger charge is 2.35. The Labute approximate surface area is 314 Å². The van der Waals surface area contributed by atoms with Crippen LogP contribution in [0.4, 0.5) is 0 Å². The molecule has 4 rings (SSSR count). The molecule has 0 bridgehead atoms. The molecule has 51 heavy (non-hydrogen) atoms. The van der Waals surface area contributed by atoms with Crippen molar-refractivity contribution in [2.45, 2.75) is 126 Å². The van der Waals surface area contributed by atoms with E-state index in [4.69, 9.17) is 76.1 Å². The number of ether oxygens (including phenoxy) is 2. The lowest BCUT2D eigenvalue weighted by Crippen LogP contribution is -2.28. The van der Waals surface area contributed by atoms with E-state index in [1.807, 2.05) is 0 Å². The van der Waals surface area contributed by atoms with Gasteiger partial charge in [-0.25, -0.2) is 0 Å². The third kappa shape index (κ3) is 21.7. The molecule has 7 N–H and O–H groups in total. The van der Waals surface area contributed by atoms with E-state index in [1.165, 1.54) is 0 Å². The van der Waals surface area contributed by atoms with Crippen molar-refractivity contribution in [3.8, 4) is 0 Å². The van der Waals surface area contributed by atoms with Crippen molar-refractivity contribution in [2.75, 3.05) is 33.0 Å². The van der Waals surface area contributed by atoms with Crippen LogP contribution in [0.3, 0.4) is 0 Å². The molecule has 0 spiro atoms. The Morgan fingerprint density at radius 3 is 1.35 bits per heavy atom. The highest BCUT2D eigenvalue weighted by Crippen LogP contribution is 2.37. The van der Waals surface area contributed by atoms with Crippen LogP contribution in [0.2, 0.25) is 23.3 Å². The topological polar surface area (TPSA) is 215 Å². The van der Waals surface area contributed by atoms with Crippen molar-refractivity contribution in [3.05, 3.63) is 0 Å². The molecule has 286 valence electrons. The van der Waals surface area contributed by atoms with Gasteiger partial charge in [-0.1, -0.05) is 50.0 Å². The van der Waals surface area contributed by atoms with E-state index < -0.39 is 11.9 Å². The van der Waals surface area contributed by atoms with Gasteiger partial charge < -0.3 is 49.8 Å². The Hall–Kier alpha value is -0.750. The first-order valence-electron chi connectivity index (χ1n) is 17.6. The van der Waals surface area contributed by atoms with Gasteiger partial charge in [0.25, 0.3) is 0 Å². The molecule has 0 amide bonds. The van der Waals surface area contributed by atoms with Gasteiger partial charge in [0.2, 0.25) is 0 Å². The summed E-state index contributed by atoms with van der Waals surface area (Å²) in [4.78, 5) is 31.3. The predicted molar refractivity (Wildman–Crippen MR) is 203 cm³/mol. The number of aliphatic hydroxyl groups excluding tert-OH is 4. The number of esters is 2. The summed E-state index contributed by atoms with van der Waals surface area (Å²) in [5.41, 5.74) is 5.10. The van der Waals surface area contributed by atoms with Crippen LogP contribution >= 0.6 is 18.9 Å². The second-order valence-electron chi connectivity index (χ2n) is 13.5. The summed E-state index contributed by atoms with van der Waals surface area (Å²) in [5.74, 6) is -0.420. The number of nitrogens with two attached hydrogens (primary N) is 1. The fourth-order valence-electron chi connectivity index (χ4n) is 6.29. The molecular weight excluding hydrogens is 696 g/mol. The van der Waals surface area contributed by atoms with Crippen LogP contribution in [0, 0.1) is 23.7 Å². The van der Waals surface area contributed by atoms with Crippen molar-refractivity contribution in [1.82, 2.24) is 0 Å². The molecule has 4 aliphatic carbocycles. The van der Waals surface area contributed by atoms with E-state index >= 15 is 0 Å². The SMILES string of the molecule is CCC(=O)O.[B][C@@H]1CC(O)[C@H](CO)C1.[B][C@@H]1CC(O)[C@H](COP)C1.[B][C@@H]1CC(OC(=O)CC)[C@H](COP)C1.[B][C@@H]1CC(OC(=O)CN)[C@H](CO)C1. The van der Waals surface area contributed by atoms with E-state index in [-0.39, 0.29) is 104 Å². The van der Waals surface area contributed by atoms with Crippen LogP contribution in [-0.2, 0) is 32.9 Å². The molecule has 4 saturated carbocycles. The monoisotopic (exact) mass is 755 g/mol. The Kier molecular flexibility index (Phi) is 28.2. The molecule has 8 radical (unpaired) electrons. The Bertz CT molecular complexity index is 968. The number of hydrogen-bond acceptors (Lipinski definition) is 12. The first-order chi connectivity index (χ1) is 24.1. The van der Waals surface area contributed by atoms with Gasteiger partial charge in [0.15, 0.2) is 0 Å². The molecule has 4 fully saturated rings. The van der Waals surface area contributed by atoms with Crippen LogP contribution in [0.5, 0.6) is 0 Å². The van der Waals surface area contributed by atoms with Crippen molar-refractivity contribution in [3.63, 3.8) is 0 Å². The van der Waals surface area contributed by atoms with E-state index in [2.05, 4.69) is 18.9 Å². The van der Waals surface area contributed by atoms with Gasteiger partial charge in [0.1, 0.15) is 12.2 Å². The summed E-state index contributed by atoms with van der Waals surface area (Å²) < 4.78 is 20.2. The molecule has 0 aromatic carbocycles. The maximum absolute atomic E-state index is 11.1. The normalized spacial score (nSPS) is 33.5. The molecule has 4 aliphatic rings. The highest BCUT2D eigenvalue weighted by atomic mass is 31.0. The first-order valence-corrected chi connectivity index (χ1v) is 18.6. The zero-order valence-electron chi connectivity index (χ0n) is 30.2. The zero-order chi connectivity index (χ0) is 39.1. The molecule has 6 unspecified atom stereocenters. The number of carbonyl (C=O) groups is 3. The minimum absolute atomic E-state index is 0.0101. The van der Waals surface area contributed by atoms with Crippen LogP contribution in [0.15, 0.2) is 0 Å². The lowest BCUT2D eigenvalue weighted by atomic mass is 9.85. The van der Waals surface area contributed by atoms with Crippen LogP contribution < -0.4 is 5.73 Å². The average Bonchev–Trinajstić information content (AvgIpc) is 3.82. The van der Waals surface area contributed by atoms with Gasteiger partial charge in [-0.2, -0.15) is 0 Å². The molecule has 0 aromatic heterocycles. The number of aliphatic hydroxyl groups is 4. The van der Waals surface area contributed by atoms with Crippen LogP contribution in [0.25, 0.3) is 0 Å². The Morgan fingerprint density at radius 2 is 1.00 bits per heavy atom. The maximum atomic E-state index is 11.1. The van der Waals surface area contributed by atoms with Crippen LogP contribution in [0.1, 0.15) is 78.1 Å². The van der Waals surface area contributed by atoms with Crippen molar-refractivity contribution in [1.29, 1.82) is 0 Å². The number of hydrogen-bond donors (Lipinski definition) is 6. The number of carbonyl (C=O) groups excluding carboxylic acids is 2. The number of aliphatic carboxylic acids is 1. The molecule has 0 aliphatic heterocycles. The summed E-state index contributed by atoms with van der Waals surface area (Å²) >= 11 is 0. The van der Waals surface area contributed by atoms with Gasteiger partial charge in [-0.05, 0) is 38.5 Å². The van der Waals surface area contributed by atoms with Gasteiger partial charge in [-0.3, -0.25) is 14.4 Å². The smallest absolute Gasteiger partial charge is 0.319 e. The zero-order valence-corrected chi connectivity index (χ0v) is 32.5. The van der Waals surface area contributed by atoms with Crippen LogP contribution in [-0.4, -0.2) is 132 Å². The fourth-order valence-corrected chi connectivity index (χ4v) is 6.79. The summed E-state index contributed by atoms with van der Waals surface area (Å²) in [6, 6.07) is 0. The standard InChI is InChI=1S/C9H16BO3P.C8H14BNO3.C6H12BO2P.C6H11BO2.C3H6O2/c1-2-9(11)13-8-4-7(10)3-6(8)5-12-14;9-6-1-5(4-11)7(2-6)13-8(12)3-10;7-5-1-4(3-9-10)6(8)2-5;7-5-1-4(3-8)6(9)2-5;1-2-3(4)5/h6-8H,2-5,14H2,1H3;5-7,11H,1-4,10H2;4-6,8H,1-3,10H2;4-6,8-9H,1-3H2;2H2,1H3,(H,4,5)/t6-,7-,8?;5-,6-,7?;2*4-,5-,6?;/m0000./s1. The fraction of sp³-hybridized carbons (Fsp3) is 0.906. The average molecular weight is 755 g/mol. The number of carboxylic acids is 1. The number of carboxylic acid groups (broad SMARTS) is 1. The van der Waals surface area contributed by atoms with E-state index in [0.29, 0.717) is 38.9 Å². The third-order valence-corrected chi connectivity index (χ3v) is 9.52. The lowest BCUT2D eigenvalue weighted by molar-refractivity contribution is -0.151. The van der Waals surface area contributed by atoms with Crippen molar-refractivity contribution >= 4 is 68.2 Å². The third-order valence-electron chi connectivity index (χ3n) is 9.13. The number of rotatable bonds is 11. The summed E-state index contributed by atoms with van der Waals surface area (Å²) in [6.45, 7) is 4.52. The first kappa shape index (κ1) is 50.2. The van der Waals surface area contributed by atoms with Gasteiger partial charge in [0.05, 0.1) is 63.4 Å². The second-order valence-corrected chi connectivity index (χ2v) is 14.2. The van der Waals surface area contributed by atoms with E-state index in [1.54, 1.807) is 13.8 Å². The molecule has 0 heterocycles. The summed E-state index contributed by atoms with van der Waals surface area (Å²) in [5, 5.41) is 43.8. The lowest BCUT2D eigenvalue weighted by Gasteiger charge is -2.18. The quantitative estimate of drug-likeness (QED) is 0.100. The molecule has 0 saturated heterocycles. The molecule has 13 nitrogen and oxygen atoms in total. The van der Waals surface area contributed by atoms with Crippen molar-refractivity contribution in [2.24, 2.45) is 29.4 Å². The maximum Gasteiger partial charge on any atom is 0.319 e. The summed E-state index contributed by atoms with van der Waals surface area (Å²) in [7, 11) is 27.0. The predicted octanol–water partition coefficient (Wildman–Crippen LogP) is 1.41. The Balaban J connectivity index is 0.000000633. The summed E-state index contributed by atoms with van der Waals surface area (Å²) in [6.07, 6.45) is 5.67.